The summed E-state index contributed by atoms with van der Waals surface area (Å²) in [7, 11) is 1.72. The van der Waals surface area contributed by atoms with Gasteiger partial charge in [0.15, 0.2) is 15.0 Å². The van der Waals surface area contributed by atoms with E-state index in [-0.39, 0.29) is 23.0 Å². The zero-order valence-electron chi connectivity index (χ0n) is 18.5. The van der Waals surface area contributed by atoms with Crippen LogP contribution in [-0.2, 0) is 14.6 Å². The van der Waals surface area contributed by atoms with Gasteiger partial charge in [-0.3, -0.25) is 9.69 Å². The number of aromatic nitrogens is 1. The summed E-state index contributed by atoms with van der Waals surface area (Å²) in [4.78, 5) is 21.5. The topological polar surface area (TPSA) is 79.8 Å². The summed E-state index contributed by atoms with van der Waals surface area (Å²) in [6.45, 7) is 2.94. The van der Waals surface area contributed by atoms with Gasteiger partial charge in [-0.1, -0.05) is 29.0 Å². The molecule has 0 aliphatic carbocycles. The molecule has 0 aliphatic rings. The molecule has 0 spiro atoms. The number of hydrogen-bond donors (Lipinski definition) is 0. The smallest absolute Gasteiger partial charge is 0.229 e. The Labute approximate surface area is 197 Å². The lowest BCUT2D eigenvalue weighted by Gasteiger charge is -2.22. The molecule has 1 aromatic heterocycles. The predicted molar refractivity (Wildman–Crippen MR) is 130 cm³/mol. The lowest BCUT2D eigenvalue weighted by Crippen LogP contribution is -2.37. The number of nitrogens with zero attached hydrogens (tertiary/aromatic N) is 3. The Kier molecular flexibility index (Phi) is 7.76. The van der Waals surface area contributed by atoms with Crippen LogP contribution < -0.4 is 9.64 Å². The zero-order chi connectivity index (χ0) is 23.5. The van der Waals surface area contributed by atoms with Crippen molar-refractivity contribution in [3.05, 3.63) is 47.0 Å². The Morgan fingerprint density at radius 1 is 1.12 bits per heavy atom. The van der Waals surface area contributed by atoms with Gasteiger partial charge in [0.2, 0.25) is 5.91 Å². The van der Waals surface area contributed by atoms with E-state index in [1.54, 1.807) is 17.0 Å². The van der Waals surface area contributed by atoms with Crippen molar-refractivity contribution >= 4 is 54.0 Å². The molecule has 0 atom stereocenters. The molecule has 0 unspecified atom stereocenters. The van der Waals surface area contributed by atoms with Crippen LogP contribution in [0.15, 0.2) is 41.3 Å². The van der Waals surface area contributed by atoms with Gasteiger partial charge >= 0.3 is 0 Å². The molecule has 7 nitrogen and oxygen atoms in total. The third kappa shape index (κ3) is 5.58. The van der Waals surface area contributed by atoms with Gasteiger partial charge in [0.25, 0.3) is 0 Å². The first-order chi connectivity index (χ1) is 15.1. The van der Waals surface area contributed by atoms with Gasteiger partial charge in [0, 0.05) is 19.5 Å². The highest BCUT2D eigenvalue weighted by atomic mass is 35.5. The van der Waals surface area contributed by atoms with E-state index >= 15 is 0 Å². The first kappa shape index (κ1) is 24.4. The summed E-state index contributed by atoms with van der Waals surface area (Å²) in [5, 5.41) is 1.10. The fraction of sp³-hybridized carbons (Fsp3) is 0.364. The second-order valence-corrected chi connectivity index (χ2v) is 11.1. The fourth-order valence-corrected chi connectivity index (χ4v) is 5.68. The van der Waals surface area contributed by atoms with E-state index in [9.17, 15) is 13.2 Å². The summed E-state index contributed by atoms with van der Waals surface area (Å²) >= 11 is 7.68. The monoisotopic (exact) mass is 495 g/mol. The van der Waals surface area contributed by atoms with Crippen molar-refractivity contribution in [1.82, 2.24) is 9.88 Å². The molecule has 32 heavy (non-hydrogen) atoms. The number of halogens is 1. The predicted octanol–water partition coefficient (Wildman–Crippen LogP) is 4.03. The number of carbonyl (C=O) groups excluding carboxylic acids is 1. The number of sulfone groups is 1. The number of likely N-dealkylation sites (N-methyl/N-ethyl adjacent to an activating group) is 1. The number of benzene rings is 2. The van der Waals surface area contributed by atoms with Crippen LogP contribution >= 0.6 is 22.9 Å². The van der Waals surface area contributed by atoms with Crippen molar-refractivity contribution in [1.29, 1.82) is 0 Å². The maximum Gasteiger partial charge on any atom is 0.229 e. The maximum atomic E-state index is 13.1. The van der Waals surface area contributed by atoms with Gasteiger partial charge in [-0.25, -0.2) is 13.4 Å². The standard InChI is InChI=1S/C22H26ClN3O4S2/c1-15-5-10-18(23)21-20(15)24-22(31-21)26(13-12-25(2)3)19(27)11-14-32(28,29)17-8-6-16(30-4)7-9-17/h5-10H,11-14H2,1-4H3. The highest BCUT2D eigenvalue weighted by Gasteiger charge is 2.24. The van der Waals surface area contributed by atoms with Crippen molar-refractivity contribution < 1.29 is 17.9 Å². The summed E-state index contributed by atoms with van der Waals surface area (Å²) in [6.07, 6.45) is -0.148. The third-order valence-corrected chi connectivity index (χ3v) is 8.26. The minimum atomic E-state index is -3.62. The van der Waals surface area contributed by atoms with E-state index in [1.165, 1.54) is 30.6 Å². The number of hydrogen-bond acceptors (Lipinski definition) is 7. The van der Waals surface area contributed by atoms with E-state index in [0.29, 0.717) is 29.0 Å². The Morgan fingerprint density at radius 2 is 1.81 bits per heavy atom. The molecule has 1 amide bonds. The minimum Gasteiger partial charge on any atom is -0.497 e. The number of thiazole rings is 1. The molecule has 0 aliphatic heterocycles. The van der Waals surface area contributed by atoms with Gasteiger partial charge in [-0.15, -0.1) is 0 Å². The van der Waals surface area contributed by atoms with Crippen LogP contribution in [0, 0.1) is 6.92 Å². The van der Waals surface area contributed by atoms with Gasteiger partial charge < -0.3 is 9.64 Å². The van der Waals surface area contributed by atoms with Crippen LogP contribution in [0.5, 0.6) is 5.75 Å². The van der Waals surface area contributed by atoms with Crippen LogP contribution in [0.3, 0.4) is 0 Å². The number of methoxy groups -OCH3 is 1. The molecule has 0 saturated heterocycles. The van der Waals surface area contributed by atoms with Crippen LogP contribution in [0.25, 0.3) is 10.2 Å². The van der Waals surface area contributed by atoms with Gasteiger partial charge in [0.05, 0.1) is 33.0 Å². The molecule has 2 aromatic carbocycles. The quantitative estimate of drug-likeness (QED) is 0.446. The third-order valence-electron chi connectivity index (χ3n) is 4.99. The van der Waals surface area contributed by atoms with Crippen molar-refractivity contribution in [2.24, 2.45) is 0 Å². The van der Waals surface area contributed by atoms with E-state index < -0.39 is 9.84 Å². The Morgan fingerprint density at radius 3 is 2.41 bits per heavy atom. The average molecular weight is 496 g/mol. The Bertz CT molecular complexity index is 1170. The lowest BCUT2D eigenvalue weighted by molar-refractivity contribution is -0.118. The number of aryl methyl sites for hydroxylation is 1. The summed E-state index contributed by atoms with van der Waals surface area (Å²) in [6, 6.07) is 9.86. The molecule has 0 saturated carbocycles. The normalized spacial score (nSPS) is 11.8. The van der Waals surface area contributed by atoms with Crippen molar-refractivity contribution in [2.45, 2.75) is 18.2 Å². The minimum absolute atomic E-state index is 0.148. The van der Waals surface area contributed by atoms with E-state index in [1.807, 2.05) is 38.1 Å². The molecule has 3 aromatic rings. The maximum absolute atomic E-state index is 13.1. The Balaban J connectivity index is 1.83. The first-order valence-electron chi connectivity index (χ1n) is 10.00. The molecule has 0 bridgehead atoms. The second-order valence-electron chi connectivity index (χ2n) is 7.63. The SMILES string of the molecule is COc1ccc(S(=O)(=O)CCC(=O)N(CCN(C)C)c2nc3c(C)ccc(Cl)c3s2)cc1. The largest absolute Gasteiger partial charge is 0.497 e. The number of carbonyl (C=O) groups is 1. The van der Waals surface area contributed by atoms with Gasteiger partial charge in [0.1, 0.15) is 5.75 Å². The molecule has 172 valence electrons. The van der Waals surface area contributed by atoms with Crippen molar-refractivity contribution in [3.63, 3.8) is 0 Å². The number of fused-ring (bicyclic) bond motifs is 1. The Hall–Kier alpha value is -2.20. The van der Waals surface area contributed by atoms with Crippen LogP contribution in [0.4, 0.5) is 5.13 Å². The van der Waals surface area contributed by atoms with Gasteiger partial charge in [-0.2, -0.15) is 0 Å². The highest BCUT2D eigenvalue weighted by Crippen LogP contribution is 2.35. The number of ether oxygens (including phenoxy) is 1. The highest BCUT2D eigenvalue weighted by molar-refractivity contribution is 7.91. The summed E-state index contributed by atoms with van der Waals surface area (Å²) in [5.41, 5.74) is 1.72. The van der Waals surface area contributed by atoms with Gasteiger partial charge in [-0.05, 0) is 56.9 Å². The molecular formula is C22H26ClN3O4S2. The molecule has 0 radical (unpaired) electrons. The van der Waals surface area contributed by atoms with E-state index in [4.69, 9.17) is 16.3 Å². The fourth-order valence-electron chi connectivity index (χ4n) is 3.09. The molecule has 10 heteroatoms. The molecule has 3 rings (SSSR count). The van der Waals surface area contributed by atoms with Crippen LogP contribution in [-0.4, -0.2) is 64.3 Å². The second kappa shape index (κ2) is 10.2. The molecular weight excluding hydrogens is 470 g/mol. The molecule has 0 N–H and O–H groups in total. The van der Waals surface area contributed by atoms with E-state index in [0.717, 1.165) is 15.8 Å². The average Bonchev–Trinajstić information content (AvgIpc) is 3.21. The lowest BCUT2D eigenvalue weighted by atomic mass is 10.2. The van der Waals surface area contributed by atoms with Crippen molar-refractivity contribution in [3.8, 4) is 5.75 Å². The molecule has 0 fully saturated rings. The number of anilines is 1. The summed E-state index contributed by atoms with van der Waals surface area (Å²) in [5.74, 6) is -0.0159. The first-order valence-corrected chi connectivity index (χ1v) is 12.8. The summed E-state index contributed by atoms with van der Waals surface area (Å²) < 4.78 is 31.4. The van der Waals surface area contributed by atoms with Crippen molar-refractivity contribution in [2.75, 3.05) is 44.9 Å². The van der Waals surface area contributed by atoms with Crippen LogP contribution in [0.2, 0.25) is 5.02 Å². The van der Waals surface area contributed by atoms with Crippen LogP contribution in [0.1, 0.15) is 12.0 Å². The van der Waals surface area contributed by atoms with E-state index in [2.05, 4.69) is 4.98 Å². The number of rotatable bonds is 9. The number of amides is 1. The zero-order valence-corrected chi connectivity index (χ0v) is 20.9. The molecule has 1 heterocycles.